The number of nitrogens with one attached hydrogen (secondary N) is 1. The number of alkyl halides is 1. The summed E-state index contributed by atoms with van der Waals surface area (Å²) < 4.78 is 43.3. The molecular weight excluding hydrogens is 554 g/mol. The molecule has 0 spiro atoms. The number of halogens is 2. The summed E-state index contributed by atoms with van der Waals surface area (Å²) in [6, 6.07) is 4.11. The van der Waals surface area contributed by atoms with Gasteiger partial charge >= 0.3 is 6.01 Å². The lowest BCUT2D eigenvalue weighted by molar-refractivity contribution is 0.0885. The average Bonchev–Trinajstić information content (AvgIpc) is 3.65. The molecule has 4 saturated heterocycles. The van der Waals surface area contributed by atoms with Crippen molar-refractivity contribution < 1.29 is 23.4 Å². The van der Waals surface area contributed by atoms with Gasteiger partial charge < -0.3 is 24.8 Å². The summed E-state index contributed by atoms with van der Waals surface area (Å²) in [5.74, 6) is 0.0981. The van der Waals surface area contributed by atoms with Gasteiger partial charge in [0.1, 0.15) is 35.6 Å². The minimum Gasteiger partial charge on any atom is -0.508 e. The van der Waals surface area contributed by atoms with Crippen molar-refractivity contribution >= 4 is 16.7 Å². The van der Waals surface area contributed by atoms with Crippen LogP contribution < -0.4 is 15.0 Å². The third-order valence-corrected chi connectivity index (χ3v) is 10.4. The van der Waals surface area contributed by atoms with Crippen LogP contribution in [-0.2, 0) is 11.2 Å². The van der Waals surface area contributed by atoms with Gasteiger partial charge in [0.25, 0.3) is 0 Å². The maximum Gasteiger partial charge on any atom is 0.319 e. The van der Waals surface area contributed by atoms with Gasteiger partial charge in [0.2, 0.25) is 0 Å². The van der Waals surface area contributed by atoms with E-state index in [0.29, 0.717) is 41.8 Å². The van der Waals surface area contributed by atoms with Crippen molar-refractivity contribution in [2.45, 2.75) is 81.3 Å². The number of piperazine rings is 1. The number of phenolic OH excluding ortho intramolecular Hbond substituents is 1. The molecule has 1 aliphatic carbocycles. The van der Waals surface area contributed by atoms with E-state index in [-0.39, 0.29) is 41.2 Å². The molecule has 4 aliphatic heterocycles. The number of phenols is 1. The van der Waals surface area contributed by atoms with E-state index in [2.05, 4.69) is 25.1 Å². The molecule has 3 aromatic rings. The van der Waals surface area contributed by atoms with Crippen molar-refractivity contribution in [2.24, 2.45) is 0 Å². The standard InChI is InChI=1S/C32H38F2N6O3/c1-42-25-5-2-4-18-10-22(41)11-23(26(18)25)28-27(34)29-24(13-35-28)30(39-15-20-6-7-21(16-39)36-20)38-31(37-29)43-17-32-8-3-9-40(32)14-19(33)12-32/h10-11,13,19-21,25,36,41H,2-9,12,14-17H2,1H3/t19-,20-,21+,25?,32+/m1/s1. The van der Waals surface area contributed by atoms with Gasteiger partial charge in [-0.15, -0.1) is 0 Å². The van der Waals surface area contributed by atoms with E-state index >= 15 is 4.39 Å². The number of benzene rings is 1. The van der Waals surface area contributed by atoms with Gasteiger partial charge in [0.05, 0.1) is 17.0 Å². The van der Waals surface area contributed by atoms with Crippen LogP contribution in [0.5, 0.6) is 11.8 Å². The van der Waals surface area contributed by atoms with Crippen molar-refractivity contribution in [3.63, 3.8) is 0 Å². The molecule has 2 aromatic heterocycles. The minimum atomic E-state index is -0.872. The summed E-state index contributed by atoms with van der Waals surface area (Å²) in [5, 5.41) is 14.8. The molecule has 43 heavy (non-hydrogen) atoms. The van der Waals surface area contributed by atoms with Crippen LogP contribution in [0.3, 0.4) is 0 Å². The van der Waals surface area contributed by atoms with Gasteiger partial charge in [-0.2, -0.15) is 9.97 Å². The molecule has 0 amide bonds. The number of hydrogen-bond acceptors (Lipinski definition) is 9. The van der Waals surface area contributed by atoms with Crippen LogP contribution in [0.25, 0.3) is 22.2 Å². The highest BCUT2D eigenvalue weighted by atomic mass is 19.1. The molecule has 0 radical (unpaired) electrons. The van der Waals surface area contributed by atoms with Crippen LogP contribution in [0.1, 0.15) is 62.2 Å². The maximum atomic E-state index is 16.8. The number of anilines is 1. The topological polar surface area (TPSA) is 95.9 Å². The molecule has 2 bridgehead atoms. The minimum absolute atomic E-state index is 0.0681. The van der Waals surface area contributed by atoms with E-state index < -0.39 is 12.0 Å². The van der Waals surface area contributed by atoms with E-state index in [1.807, 2.05) is 0 Å². The summed E-state index contributed by atoms with van der Waals surface area (Å²) in [7, 11) is 1.66. The molecule has 11 heteroatoms. The lowest BCUT2D eigenvalue weighted by atomic mass is 9.84. The van der Waals surface area contributed by atoms with Crippen molar-refractivity contribution in [3.8, 4) is 23.0 Å². The molecule has 2 N–H and O–H groups in total. The van der Waals surface area contributed by atoms with Crippen LogP contribution in [0, 0.1) is 5.82 Å². The first-order chi connectivity index (χ1) is 20.9. The number of nitrogens with zero attached hydrogens (tertiary/aromatic N) is 5. The smallest absolute Gasteiger partial charge is 0.319 e. The zero-order chi connectivity index (χ0) is 29.3. The van der Waals surface area contributed by atoms with Crippen LogP contribution in [0.4, 0.5) is 14.6 Å². The van der Waals surface area contributed by atoms with Crippen molar-refractivity contribution in [3.05, 3.63) is 35.3 Å². The highest BCUT2D eigenvalue weighted by Gasteiger charge is 2.49. The van der Waals surface area contributed by atoms with Gasteiger partial charge in [-0.25, -0.2) is 8.78 Å². The number of ether oxygens (including phenoxy) is 2. The summed E-state index contributed by atoms with van der Waals surface area (Å²) in [4.78, 5) is 18.5. The monoisotopic (exact) mass is 592 g/mol. The number of rotatable bonds is 6. The molecule has 228 valence electrons. The van der Waals surface area contributed by atoms with E-state index in [0.717, 1.165) is 75.7 Å². The molecule has 1 unspecified atom stereocenters. The van der Waals surface area contributed by atoms with Gasteiger partial charge in [0, 0.05) is 57.0 Å². The first-order valence-electron chi connectivity index (χ1n) is 15.7. The Labute approximate surface area is 249 Å². The second kappa shape index (κ2) is 10.5. The zero-order valence-electron chi connectivity index (χ0n) is 24.5. The fourth-order valence-corrected chi connectivity index (χ4v) is 8.47. The first-order valence-corrected chi connectivity index (χ1v) is 15.7. The Morgan fingerprint density at radius 3 is 2.77 bits per heavy atom. The van der Waals surface area contributed by atoms with Gasteiger partial charge in [-0.3, -0.25) is 9.88 Å². The molecule has 1 aromatic carbocycles. The largest absolute Gasteiger partial charge is 0.508 e. The van der Waals surface area contributed by atoms with E-state index in [1.165, 1.54) is 0 Å². The molecular formula is C32H38F2N6O3. The van der Waals surface area contributed by atoms with Crippen molar-refractivity contribution in [1.29, 1.82) is 0 Å². The van der Waals surface area contributed by atoms with Crippen LogP contribution in [0.15, 0.2) is 18.3 Å². The van der Waals surface area contributed by atoms with Crippen molar-refractivity contribution in [1.82, 2.24) is 25.2 Å². The van der Waals surface area contributed by atoms with E-state index in [9.17, 15) is 9.50 Å². The number of aromatic nitrogens is 3. The summed E-state index contributed by atoms with van der Waals surface area (Å²) >= 11 is 0. The Kier molecular flexibility index (Phi) is 6.68. The van der Waals surface area contributed by atoms with Crippen LogP contribution in [0.2, 0.25) is 0 Å². The molecule has 8 rings (SSSR count). The zero-order valence-corrected chi connectivity index (χ0v) is 24.5. The normalized spacial score (nSPS) is 30.2. The lowest BCUT2D eigenvalue weighted by Crippen LogP contribution is -2.51. The Bertz CT molecular complexity index is 1560. The fourth-order valence-electron chi connectivity index (χ4n) is 8.47. The van der Waals surface area contributed by atoms with Crippen molar-refractivity contribution in [2.75, 3.05) is 44.8 Å². The van der Waals surface area contributed by atoms with Gasteiger partial charge in [-0.05, 0) is 74.8 Å². The van der Waals surface area contributed by atoms with Gasteiger partial charge in [-0.1, -0.05) is 0 Å². The second-order valence-electron chi connectivity index (χ2n) is 13.1. The average molecular weight is 593 g/mol. The van der Waals surface area contributed by atoms with Gasteiger partial charge in [0.15, 0.2) is 5.82 Å². The third-order valence-electron chi connectivity index (χ3n) is 10.4. The number of aromatic hydroxyl groups is 1. The Morgan fingerprint density at radius 2 is 1.95 bits per heavy atom. The number of aryl methyl sites for hydroxylation is 1. The molecule has 0 saturated carbocycles. The van der Waals surface area contributed by atoms with Crippen LogP contribution in [-0.4, -0.2) is 88.6 Å². The summed E-state index contributed by atoms with van der Waals surface area (Å²) in [6.07, 6.45) is 7.56. The predicted octanol–water partition coefficient (Wildman–Crippen LogP) is 4.46. The number of hydrogen-bond donors (Lipinski definition) is 2. The molecule has 4 fully saturated rings. The number of pyridine rings is 1. The highest BCUT2D eigenvalue weighted by Crippen LogP contribution is 2.44. The SMILES string of the molecule is COC1CCCc2cc(O)cc(-c3ncc4c(N5C[C@H]6CC[C@@H](C5)N6)nc(OC[C@@]56CCCN5C[C@H](F)C6)nc4c3F)c21. The fraction of sp³-hybridized carbons (Fsp3) is 0.594. The number of methoxy groups -OCH3 is 1. The van der Waals surface area contributed by atoms with E-state index in [1.54, 1.807) is 25.4 Å². The Morgan fingerprint density at radius 1 is 1.12 bits per heavy atom. The van der Waals surface area contributed by atoms with Crippen LogP contribution >= 0.6 is 0 Å². The molecule has 6 heterocycles. The molecule has 9 nitrogen and oxygen atoms in total. The van der Waals surface area contributed by atoms with E-state index in [4.69, 9.17) is 14.5 Å². The Hall–Kier alpha value is -3.15. The summed E-state index contributed by atoms with van der Waals surface area (Å²) in [5.41, 5.74) is 2.21. The quantitative estimate of drug-likeness (QED) is 0.430. The Balaban J connectivity index is 1.24. The first kappa shape index (κ1) is 27.4. The lowest BCUT2D eigenvalue weighted by Gasteiger charge is -2.34. The number of fused-ring (bicyclic) bond motifs is 5. The predicted molar refractivity (Wildman–Crippen MR) is 158 cm³/mol. The summed E-state index contributed by atoms with van der Waals surface area (Å²) in [6.45, 7) is 3.06. The molecule has 5 atom stereocenters. The molecule has 5 aliphatic rings. The third kappa shape index (κ3) is 4.62. The highest BCUT2D eigenvalue weighted by molar-refractivity contribution is 5.92. The second-order valence-corrected chi connectivity index (χ2v) is 13.1. The maximum absolute atomic E-state index is 16.8.